The van der Waals surface area contributed by atoms with E-state index >= 15 is 0 Å². The van der Waals surface area contributed by atoms with E-state index in [0.29, 0.717) is 17.4 Å². The fourth-order valence-electron chi connectivity index (χ4n) is 2.97. The van der Waals surface area contributed by atoms with E-state index in [4.69, 9.17) is 9.15 Å². The molecule has 0 atom stereocenters. The highest BCUT2D eigenvalue weighted by Gasteiger charge is 2.19. The Morgan fingerprint density at radius 2 is 1.72 bits per heavy atom. The molecule has 0 aliphatic rings. The van der Waals surface area contributed by atoms with Crippen LogP contribution in [0.4, 0.5) is 14.5 Å². The van der Waals surface area contributed by atoms with Gasteiger partial charge in [0.2, 0.25) is 5.89 Å². The third-order valence-corrected chi connectivity index (χ3v) is 4.48. The van der Waals surface area contributed by atoms with Crippen LogP contribution in [-0.4, -0.2) is 23.5 Å². The minimum atomic E-state index is -0.937. The number of ether oxygens (including phenoxy) is 1. The number of oxazole rings is 1. The SMILES string of the molecule is O=C(COC(=O)c1ccccc1-c1ncc(-c2ccccc2)o1)Nc1ccc(F)cc1F. The van der Waals surface area contributed by atoms with Crippen LogP contribution in [0.3, 0.4) is 0 Å². The monoisotopic (exact) mass is 434 g/mol. The summed E-state index contributed by atoms with van der Waals surface area (Å²) in [4.78, 5) is 28.9. The Kier molecular flexibility index (Phi) is 6.03. The van der Waals surface area contributed by atoms with E-state index in [1.165, 1.54) is 6.07 Å². The molecule has 0 fully saturated rings. The Bertz CT molecular complexity index is 1270. The van der Waals surface area contributed by atoms with Crippen molar-refractivity contribution in [2.45, 2.75) is 0 Å². The molecule has 1 aromatic heterocycles. The summed E-state index contributed by atoms with van der Waals surface area (Å²) in [6.45, 7) is -0.662. The van der Waals surface area contributed by atoms with Crippen molar-refractivity contribution in [3.05, 3.63) is 96.2 Å². The Balaban J connectivity index is 1.46. The lowest BCUT2D eigenvalue weighted by Crippen LogP contribution is -2.21. The molecule has 0 bridgehead atoms. The number of halogens is 2. The van der Waals surface area contributed by atoms with Gasteiger partial charge in [0.25, 0.3) is 5.91 Å². The Labute approximate surface area is 181 Å². The van der Waals surface area contributed by atoms with Gasteiger partial charge in [-0.1, -0.05) is 42.5 Å². The third-order valence-electron chi connectivity index (χ3n) is 4.48. The first-order valence-electron chi connectivity index (χ1n) is 9.54. The van der Waals surface area contributed by atoms with Crippen molar-refractivity contribution >= 4 is 17.6 Å². The molecular formula is C24H16F2N2O4. The number of hydrogen-bond acceptors (Lipinski definition) is 5. The van der Waals surface area contributed by atoms with Crippen LogP contribution in [-0.2, 0) is 9.53 Å². The first-order valence-corrected chi connectivity index (χ1v) is 9.54. The average Bonchev–Trinajstić information content (AvgIpc) is 3.30. The van der Waals surface area contributed by atoms with Gasteiger partial charge < -0.3 is 14.5 Å². The highest BCUT2D eigenvalue weighted by Crippen LogP contribution is 2.28. The number of benzene rings is 3. The van der Waals surface area contributed by atoms with E-state index in [1.54, 1.807) is 24.4 Å². The number of hydrogen-bond donors (Lipinski definition) is 1. The van der Waals surface area contributed by atoms with Gasteiger partial charge >= 0.3 is 5.97 Å². The highest BCUT2D eigenvalue weighted by atomic mass is 19.1. The molecule has 0 saturated carbocycles. The van der Waals surface area contributed by atoms with Crippen LogP contribution in [0.5, 0.6) is 0 Å². The van der Waals surface area contributed by atoms with Crippen molar-refractivity contribution in [2.75, 3.05) is 11.9 Å². The van der Waals surface area contributed by atoms with Gasteiger partial charge in [-0.3, -0.25) is 4.79 Å². The molecule has 0 unspecified atom stereocenters. The number of amides is 1. The zero-order chi connectivity index (χ0) is 22.5. The Morgan fingerprint density at radius 1 is 0.969 bits per heavy atom. The van der Waals surface area contributed by atoms with Crippen LogP contribution in [0.25, 0.3) is 22.8 Å². The normalized spacial score (nSPS) is 10.6. The lowest BCUT2D eigenvalue weighted by atomic mass is 10.1. The molecule has 3 aromatic carbocycles. The summed E-state index contributed by atoms with van der Waals surface area (Å²) in [7, 11) is 0. The molecule has 1 N–H and O–H groups in total. The van der Waals surface area contributed by atoms with Crippen LogP contribution in [0.1, 0.15) is 10.4 Å². The molecule has 8 heteroatoms. The summed E-state index contributed by atoms with van der Waals surface area (Å²) in [6, 6.07) is 18.6. The first-order chi connectivity index (χ1) is 15.5. The van der Waals surface area contributed by atoms with E-state index < -0.39 is 30.1 Å². The molecule has 0 spiro atoms. The van der Waals surface area contributed by atoms with Crippen LogP contribution >= 0.6 is 0 Å². The number of aromatic nitrogens is 1. The molecule has 160 valence electrons. The van der Waals surface area contributed by atoms with Crippen molar-refractivity contribution in [1.82, 2.24) is 4.98 Å². The van der Waals surface area contributed by atoms with Crippen LogP contribution in [0.2, 0.25) is 0 Å². The topological polar surface area (TPSA) is 81.4 Å². The van der Waals surface area contributed by atoms with Gasteiger partial charge in [-0.25, -0.2) is 18.6 Å². The van der Waals surface area contributed by atoms with Gasteiger partial charge in [0.15, 0.2) is 12.4 Å². The van der Waals surface area contributed by atoms with E-state index in [-0.39, 0.29) is 17.1 Å². The quantitative estimate of drug-likeness (QED) is 0.428. The smallest absolute Gasteiger partial charge is 0.339 e. The predicted octanol–water partition coefficient (Wildman–Crippen LogP) is 5.08. The second-order valence-corrected chi connectivity index (χ2v) is 6.69. The number of esters is 1. The van der Waals surface area contributed by atoms with Gasteiger partial charge in [0, 0.05) is 11.6 Å². The summed E-state index contributed by atoms with van der Waals surface area (Å²) in [5.74, 6) is -2.52. The van der Waals surface area contributed by atoms with Crippen molar-refractivity contribution in [2.24, 2.45) is 0 Å². The minimum Gasteiger partial charge on any atom is -0.452 e. The molecule has 32 heavy (non-hydrogen) atoms. The highest BCUT2D eigenvalue weighted by molar-refractivity contribution is 5.99. The third kappa shape index (κ3) is 4.70. The van der Waals surface area contributed by atoms with Gasteiger partial charge in [0.05, 0.1) is 23.0 Å². The zero-order valence-corrected chi connectivity index (χ0v) is 16.5. The van der Waals surface area contributed by atoms with Gasteiger partial charge in [0.1, 0.15) is 11.6 Å². The van der Waals surface area contributed by atoms with Crippen LogP contribution in [0, 0.1) is 11.6 Å². The maximum absolute atomic E-state index is 13.7. The number of nitrogens with one attached hydrogen (secondary N) is 1. The van der Waals surface area contributed by atoms with Crippen LogP contribution in [0.15, 0.2) is 83.4 Å². The predicted molar refractivity (Wildman–Crippen MR) is 113 cm³/mol. The van der Waals surface area contributed by atoms with E-state index in [9.17, 15) is 18.4 Å². The molecule has 4 aromatic rings. The van der Waals surface area contributed by atoms with Crippen molar-refractivity contribution in [3.8, 4) is 22.8 Å². The number of rotatable bonds is 6. The molecule has 0 aliphatic heterocycles. The zero-order valence-electron chi connectivity index (χ0n) is 16.5. The van der Waals surface area contributed by atoms with Gasteiger partial charge in [-0.2, -0.15) is 0 Å². The summed E-state index contributed by atoms with van der Waals surface area (Å²) in [5, 5.41) is 2.22. The molecular weight excluding hydrogens is 418 g/mol. The number of carbonyl (C=O) groups is 2. The standard InChI is InChI=1S/C24H16F2N2O4/c25-16-10-11-20(19(26)12-16)28-22(29)14-31-24(30)18-9-5-4-8-17(18)23-27-13-21(32-23)15-6-2-1-3-7-15/h1-13H,14H2,(H,28,29). The molecule has 1 amide bonds. The molecule has 1 heterocycles. The molecule has 6 nitrogen and oxygen atoms in total. The molecule has 0 radical (unpaired) electrons. The largest absolute Gasteiger partial charge is 0.452 e. The van der Waals surface area contributed by atoms with Crippen molar-refractivity contribution in [3.63, 3.8) is 0 Å². The maximum atomic E-state index is 13.7. The fourth-order valence-corrected chi connectivity index (χ4v) is 2.97. The van der Waals surface area contributed by atoms with E-state index in [0.717, 1.165) is 17.7 Å². The maximum Gasteiger partial charge on any atom is 0.339 e. The summed E-state index contributed by atoms with van der Waals surface area (Å²) in [6.07, 6.45) is 1.55. The molecule has 0 aliphatic carbocycles. The summed E-state index contributed by atoms with van der Waals surface area (Å²) >= 11 is 0. The Hall–Kier alpha value is -4.33. The second-order valence-electron chi connectivity index (χ2n) is 6.69. The number of nitrogens with zero attached hydrogens (tertiary/aromatic N) is 1. The van der Waals surface area contributed by atoms with Crippen LogP contribution < -0.4 is 5.32 Å². The number of carbonyl (C=O) groups excluding carboxylic acids is 2. The lowest BCUT2D eigenvalue weighted by molar-refractivity contribution is -0.119. The van der Waals surface area contributed by atoms with Crippen molar-refractivity contribution < 1.29 is 27.5 Å². The van der Waals surface area contributed by atoms with E-state index in [2.05, 4.69) is 10.3 Å². The molecule has 4 rings (SSSR count). The molecule has 0 saturated heterocycles. The fraction of sp³-hybridized carbons (Fsp3) is 0.0417. The van der Waals surface area contributed by atoms with Gasteiger partial charge in [-0.05, 0) is 24.3 Å². The van der Waals surface area contributed by atoms with Crippen molar-refractivity contribution in [1.29, 1.82) is 0 Å². The second kappa shape index (κ2) is 9.22. The summed E-state index contributed by atoms with van der Waals surface area (Å²) < 4.78 is 37.5. The Morgan fingerprint density at radius 3 is 2.50 bits per heavy atom. The first kappa shape index (κ1) is 20.9. The minimum absolute atomic E-state index is 0.148. The van der Waals surface area contributed by atoms with E-state index in [1.807, 2.05) is 30.3 Å². The summed E-state index contributed by atoms with van der Waals surface area (Å²) in [5.41, 5.74) is 1.15. The number of anilines is 1. The van der Waals surface area contributed by atoms with Gasteiger partial charge in [-0.15, -0.1) is 0 Å². The lowest BCUT2D eigenvalue weighted by Gasteiger charge is -2.09. The average molecular weight is 434 g/mol.